The number of amidine groups is 1. The van der Waals surface area contributed by atoms with Gasteiger partial charge >= 0.3 is 6.18 Å². The molecular formula is C24H22F3N3. The van der Waals surface area contributed by atoms with Crippen molar-refractivity contribution in [3.63, 3.8) is 0 Å². The molecule has 0 spiro atoms. The number of allylic oxidation sites excluding steroid dienone is 6. The summed E-state index contributed by atoms with van der Waals surface area (Å²) < 4.78 is 39.6. The van der Waals surface area contributed by atoms with Gasteiger partial charge in [0.15, 0.2) is 0 Å². The highest BCUT2D eigenvalue weighted by Crippen LogP contribution is 2.34. The molecule has 4 rings (SSSR count). The van der Waals surface area contributed by atoms with Crippen molar-refractivity contribution in [2.24, 2.45) is 10.9 Å². The van der Waals surface area contributed by atoms with Gasteiger partial charge in [0.1, 0.15) is 12.0 Å². The van der Waals surface area contributed by atoms with Crippen LogP contribution in [0.1, 0.15) is 31.1 Å². The average Bonchev–Trinajstić information content (AvgIpc) is 2.73. The Kier molecular flexibility index (Phi) is 5.24. The van der Waals surface area contributed by atoms with Crippen LogP contribution >= 0.6 is 0 Å². The molecule has 2 unspecified atom stereocenters. The quantitative estimate of drug-likeness (QED) is 0.627. The molecule has 1 heterocycles. The molecule has 30 heavy (non-hydrogen) atoms. The lowest BCUT2D eigenvalue weighted by Gasteiger charge is -2.28. The molecule has 2 aromatic carbocycles. The van der Waals surface area contributed by atoms with Crippen molar-refractivity contribution >= 4 is 11.5 Å². The molecule has 0 bridgehead atoms. The molecule has 0 saturated carbocycles. The van der Waals surface area contributed by atoms with Crippen LogP contribution in [0.5, 0.6) is 0 Å². The number of benzene rings is 2. The number of nitrogens with zero attached hydrogens (tertiary/aromatic N) is 1. The van der Waals surface area contributed by atoms with E-state index in [0.717, 1.165) is 22.9 Å². The Labute approximate surface area is 173 Å². The summed E-state index contributed by atoms with van der Waals surface area (Å²) in [6.07, 6.45) is -0.723. The first-order valence-electron chi connectivity index (χ1n) is 9.76. The summed E-state index contributed by atoms with van der Waals surface area (Å²) in [5, 5.41) is 6.71. The minimum absolute atomic E-state index is 0.133. The van der Waals surface area contributed by atoms with Crippen LogP contribution in [0.25, 0.3) is 0 Å². The Hall–Kier alpha value is -3.28. The SMILES string of the molecule is C/C(NC1=NC(c2ccccc2)Nc2ccccc21)=C1/C=C(C(F)(F)F)C=CC1C. The van der Waals surface area contributed by atoms with E-state index in [9.17, 15) is 13.2 Å². The predicted octanol–water partition coefficient (Wildman–Crippen LogP) is 6.12. The van der Waals surface area contributed by atoms with Crippen molar-refractivity contribution in [1.29, 1.82) is 0 Å². The molecule has 2 aliphatic rings. The van der Waals surface area contributed by atoms with E-state index in [-0.39, 0.29) is 12.1 Å². The second-order valence-corrected chi connectivity index (χ2v) is 7.43. The molecule has 2 atom stereocenters. The molecule has 2 N–H and O–H groups in total. The van der Waals surface area contributed by atoms with Crippen molar-refractivity contribution in [3.8, 4) is 0 Å². The van der Waals surface area contributed by atoms with Crippen LogP contribution in [0.2, 0.25) is 0 Å². The van der Waals surface area contributed by atoms with Crippen molar-refractivity contribution in [3.05, 3.63) is 101 Å². The Bertz CT molecular complexity index is 1060. The number of halogens is 3. The van der Waals surface area contributed by atoms with Gasteiger partial charge in [-0.3, -0.25) is 0 Å². The molecule has 0 radical (unpaired) electrons. The molecule has 2 aromatic rings. The van der Waals surface area contributed by atoms with E-state index in [0.29, 0.717) is 17.1 Å². The summed E-state index contributed by atoms with van der Waals surface area (Å²) in [5.74, 6) is 0.498. The van der Waals surface area contributed by atoms with Crippen LogP contribution < -0.4 is 10.6 Å². The summed E-state index contributed by atoms with van der Waals surface area (Å²) in [5.41, 5.74) is 3.40. The molecule has 3 nitrogen and oxygen atoms in total. The summed E-state index contributed by atoms with van der Waals surface area (Å²) in [6, 6.07) is 17.6. The number of hydrogen-bond donors (Lipinski definition) is 2. The minimum atomic E-state index is -4.38. The lowest BCUT2D eigenvalue weighted by molar-refractivity contribution is -0.0884. The van der Waals surface area contributed by atoms with Gasteiger partial charge in [0.25, 0.3) is 0 Å². The third kappa shape index (κ3) is 4.03. The van der Waals surface area contributed by atoms with Crippen LogP contribution in [0.15, 0.2) is 94.7 Å². The van der Waals surface area contributed by atoms with E-state index in [2.05, 4.69) is 10.6 Å². The molecule has 0 aromatic heterocycles. The second-order valence-electron chi connectivity index (χ2n) is 7.43. The highest BCUT2D eigenvalue weighted by Gasteiger charge is 2.34. The van der Waals surface area contributed by atoms with Crippen molar-refractivity contribution < 1.29 is 13.2 Å². The van der Waals surface area contributed by atoms with Gasteiger partial charge < -0.3 is 10.6 Å². The molecule has 0 saturated heterocycles. The zero-order valence-electron chi connectivity index (χ0n) is 16.7. The van der Waals surface area contributed by atoms with Gasteiger partial charge in [-0.2, -0.15) is 13.2 Å². The van der Waals surface area contributed by atoms with E-state index >= 15 is 0 Å². The normalized spacial score (nSPS) is 22.4. The van der Waals surface area contributed by atoms with Crippen molar-refractivity contribution in [2.45, 2.75) is 26.2 Å². The largest absolute Gasteiger partial charge is 0.416 e. The number of anilines is 1. The van der Waals surface area contributed by atoms with Crippen molar-refractivity contribution in [1.82, 2.24) is 5.32 Å². The van der Waals surface area contributed by atoms with Crippen LogP contribution in [0.3, 0.4) is 0 Å². The fourth-order valence-electron chi connectivity index (χ4n) is 3.66. The maximum Gasteiger partial charge on any atom is 0.416 e. The Morgan fingerprint density at radius 1 is 1.03 bits per heavy atom. The number of rotatable bonds is 2. The zero-order valence-corrected chi connectivity index (χ0v) is 16.7. The van der Waals surface area contributed by atoms with Gasteiger partial charge in [0, 0.05) is 22.9 Å². The van der Waals surface area contributed by atoms with Gasteiger partial charge in [-0.25, -0.2) is 4.99 Å². The number of aliphatic imine (C=N–C) groups is 1. The second kappa shape index (κ2) is 7.86. The van der Waals surface area contributed by atoms with E-state index in [1.165, 1.54) is 6.08 Å². The number of fused-ring (bicyclic) bond motifs is 1. The maximum absolute atomic E-state index is 13.2. The number of para-hydroxylation sites is 1. The smallest absolute Gasteiger partial charge is 0.359 e. The highest BCUT2D eigenvalue weighted by atomic mass is 19.4. The van der Waals surface area contributed by atoms with Crippen LogP contribution in [-0.4, -0.2) is 12.0 Å². The summed E-state index contributed by atoms with van der Waals surface area (Å²) in [6.45, 7) is 3.67. The molecule has 6 heteroatoms. The van der Waals surface area contributed by atoms with Crippen LogP contribution in [-0.2, 0) is 0 Å². The Morgan fingerprint density at radius 2 is 1.73 bits per heavy atom. The summed E-state index contributed by atoms with van der Waals surface area (Å²) in [7, 11) is 0. The molecule has 154 valence electrons. The number of alkyl halides is 3. The van der Waals surface area contributed by atoms with E-state index in [4.69, 9.17) is 4.99 Å². The lowest BCUT2D eigenvalue weighted by atomic mass is 9.91. The van der Waals surface area contributed by atoms with Crippen molar-refractivity contribution in [2.75, 3.05) is 5.32 Å². The first kappa shape index (κ1) is 20.0. The van der Waals surface area contributed by atoms with Gasteiger partial charge in [-0.05, 0) is 36.3 Å². The van der Waals surface area contributed by atoms with Gasteiger partial charge in [0.05, 0.1) is 5.57 Å². The monoisotopic (exact) mass is 409 g/mol. The van der Waals surface area contributed by atoms with Gasteiger partial charge in [-0.1, -0.05) is 61.5 Å². The molecular weight excluding hydrogens is 387 g/mol. The first-order valence-corrected chi connectivity index (χ1v) is 9.76. The fourth-order valence-corrected chi connectivity index (χ4v) is 3.66. The maximum atomic E-state index is 13.2. The third-order valence-corrected chi connectivity index (χ3v) is 5.28. The molecule has 1 aliphatic carbocycles. The Balaban J connectivity index is 1.72. The topological polar surface area (TPSA) is 36.4 Å². The van der Waals surface area contributed by atoms with E-state index < -0.39 is 11.7 Å². The van der Waals surface area contributed by atoms with Crippen LogP contribution in [0, 0.1) is 5.92 Å². The van der Waals surface area contributed by atoms with Gasteiger partial charge in [-0.15, -0.1) is 0 Å². The van der Waals surface area contributed by atoms with E-state index in [1.54, 1.807) is 13.0 Å². The number of nitrogens with one attached hydrogen (secondary N) is 2. The lowest BCUT2D eigenvalue weighted by Crippen LogP contribution is -2.31. The third-order valence-electron chi connectivity index (χ3n) is 5.28. The fraction of sp³-hybridized carbons (Fsp3) is 0.208. The minimum Gasteiger partial charge on any atom is -0.359 e. The number of hydrogen-bond acceptors (Lipinski definition) is 3. The molecule has 0 fully saturated rings. The summed E-state index contributed by atoms with van der Waals surface area (Å²) >= 11 is 0. The first-order chi connectivity index (χ1) is 14.3. The highest BCUT2D eigenvalue weighted by molar-refractivity contribution is 6.05. The zero-order chi connectivity index (χ0) is 21.3. The van der Waals surface area contributed by atoms with E-state index in [1.807, 2.05) is 61.5 Å². The standard InChI is InChI=1S/C24H22F3N3/c1-15-12-13-18(24(25,26)27)14-20(15)16(2)28-23-19-10-6-7-11-21(19)29-22(30-23)17-8-4-3-5-9-17/h3-15,22,29H,1-2H3,(H,28,30)/b20-16+. The average molecular weight is 409 g/mol. The Morgan fingerprint density at radius 3 is 2.47 bits per heavy atom. The summed E-state index contributed by atoms with van der Waals surface area (Å²) in [4.78, 5) is 4.82. The molecule has 0 amide bonds. The predicted molar refractivity (Wildman–Crippen MR) is 114 cm³/mol. The van der Waals surface area contributed by atoms with Crippen LogP contribution in [0.4, 0.5) is 18.9 Å². The van der Waals surface area contributed by atoms with Gasteiger partial charge in [0.2, 0.25) is 0 Å². The molecule has 1 aliphatic heterocycles.